The lowest BCUT2D eigenvalue weighted by Crippen LogP contribution is -2.60. The summed E-state index contributed by atoms with van der Waals surface area (Å²) in [5, 5.41) is 21.7. The molecule has 6 heteroatoms. The summed E-state index contributed by atoms with van der Waals surface area (Å²) in [7, 11) is 0. The molecule has 0 saturated carbocycles. The molecule has 1 fully saturated rings. The Labute approximate surface area is 194 Å². The third kappa shape index (κ3) is 6.71. The lowest BCUT2D eigenvalue weighted by atomic mass is 9.98. The number of rotatable bonds is 10. The van der Waals surface area contributed by atoms with E-state index < -0.39 is 30.7 Å². The van der Waals surface area contributed by atoms with E-state index in [4.69, 9.17) is 18.9 Å². The number of benzene rings is 3. The molecule has 4 rings (SSSR count). The molecule has 6 nitrogen and oxygen atoms in total. The third-order valence-electron chi connectivity index (χ3n) is 5.60. The Hall–Kier alpha value is -2.58. The summed E-state index contributed by atoms with van der Waals surface area (Å²) >= 11 is 0. The van der Waals surface area contributed by atoms with Gasteiger partial charge in [0.25, 0.3) is 0 Å². The predicted molar refractivity (Wildman–Crippen MR) is 123 cm³/mol. The van der Waals surface area contributed by atoms with E-state index in [1.54, 1.807) is 0 Å². The summed E-state index contributed by atoms with van der Waals surface area (Å²) < 4.78 is 23.6. The highest BCUT2D eigenvalue weighted by Gasteiger charge is 2.46. The molecule has 3 aromatic rings. The minimum atomic E-state index is -1.30. The van der Waals surface area contributed by atoms with Gasteiger partial charge in [-0.2, -0.15) is 0 Å². The van der Waals surface area contributed by atoms with Crippen LogP contribution in [0.2, 0.25) is 0 Å². The molecule has 2 N–H and O–H groups in total. The van der Waals surface area contributed by atoms with Crippen LogP contribution < -0.4 is 0 Å². The van der Waals surface area contributed by atoms with Gasteiger partial charge in [0.15, 0.2) is 6.29 Å². The normalized spacial score (nSPS) is 25.1. The number of hydrogen-bond donors (Lipinski definition) is 2. The van der Waals surface area contributed by atoms with Gasteiger partial charge in [-0.1, -0.05) is 91.0 Å². The van der Waals surface area contributed by atoms with Gasteiger partial charge in [-0.15, -0.1) is 0 Å². The fourth-order valence-electron chi connectivity index (χ4n) is 3.83. The van der Waals surface area contributed by atoms with Gasteiger partial charge in [0.05, 0.1) is 26.4 Å². The molecule has 1 saturated heterocycles. The Bertz CT molecular complexity index is 935. The van der Waals surface area contributed by atoms with Gasteiger partial charge in [0.2, 0.25) is 0 Å². The molecular formula is C27H30O6. The zero-order chi connectivity index (χ0) is 22.9. The van der Waals surface area contributed by atoms with Crippen molar-refractivity contribution in [2.75, 3.05) is 6.61 Å². The van der Waals surface area contributed by atoms with Crippen molar-refractivity contribution in [3.63, 3.8) is 0 Å². The number of hydrogen-bond acceptors (Lipinski definition) is 6. The average molecular weight is 451 g/mol. The summed E-state index contributed by atoms with van der Waals surface area (Å²) in [6, 6.07) is 29.1. The Morgan fingerprint density at radius 1 is 0.606 bits per heavy atom. The van der Waals surface area contributed by atoms with Gasteiger partial charge < -0.3 is 29.2 Å². The van der Waals surface area contributed by atoms with Gasteiger partial charge >= 0.3 is 0 Å². The SMILES string of the molecule is OC1C(OCc2ccccc2)[C@@H](O)OC(COCc2ccccc2)[C@H]1OCc1ccccc1. The lowest BCUT2D eigenvalue weighted by Gasteiger charge is -2.42. The van der Waals surface area contributed by atoms with E-state index >= 15 is 0 Å². The predicted octanol–water partition coefficient (Wildman–Crippen LogP) is 3.45. The molecule has 0 radical (unpaired) electrons. The van der Waals surface area contributed by atoms with E-state index in [0.29, 0.717) is 13.2 Å². The lowest BCUT2D eigenvalue weighted by molar-refractivity contribution is -0.308. The van der Waals surface area contributed by atoms with E-state index in [0.717, 1.165) is 16.7 Å². The topological polar surface area (TPSA) is 77.4 Å². The molecule has 0 aromatic heterocycles. The van der Waals surface area contributed by atoms with Crippen LogP contribution in [0.15, 0.2) is 91.0 Å². The molecule has 1 heterocycles. The minimum Gasteiger partial charge on any atom is -0.387 e. The van der Waals surface area contributed by atoms with Gasteiger partial charge in [0.1, 0.15) is 24.4 Å². The van der Waals surface area contributed by atoms with Crippen LogP contribution in [0.1, 0.15) is 16.7 Å². The highest BCUT2D eigenvalue weighted by molar-refractivity contribution is 5.15. The molecule has 174 valence electrons. The first kappa shape index (κ1) is 23.6. The Morgan fingerprint density at radius 3 is 1.58 bits per heavy atom. The molecule has 0 bridgehead atoms. The molecule has 0 amide bonds. The maximum atomic E-state index is 11.1. The summed E-state index contributed by atoms with van der Waals surface area (Å²) in [4.78, 5) is 0. The van der Waals surface area contributed by atoms with E-state index in [1.807, 2.05) is 91.0 Å². The molecule has 1 aliphatic rings. The highest BCUT2D eigenvalue weighted by atomic mass is 16.7. The van der Waals surface area contributed by atoms with Crippen LogP contribution in [0, 0.1) is 0 Å². The molecular weight excluding hydrogens is 420 g/mol. The first-order chi connectivity index (χ1) is 16.2. The molecule has 0 aliphatic carbocycles. The van der Waals surface area contributed by atoms with Crippen LogP contribution in [0.5, 0.6) is 0 Å². The average Bonchev–Trinajstić information content (AvgIpc) is 2.85. The van der Waals surface area contributed by atoms with Gasteiger partial charge in [-0.05, 0) is 16.7 Å². The van der Waals surface area contributed by atoms with E-state index in [-0.39, 0.29) is 13.2 Å². The minimum absolute atomic E-state index is 0.161. The number of aliphatic hydroxyl groups is 2. The van der Waals surface area contributed by atoms with Crippen molar-refractivity contribution in [1.82, 2.24) is 0 Å². The van der Waals surface area contributed by atoms with Crippen LogP contribution in [-0.4, -0.2) is 47.5 Å². The van der Waals surface area contributed by atoms with Crippen molar-refractivity contribution < 1.29 is 29.2 Å². The van der Waals surface area contributed by atoms with Crippen molar-refractivity contribution >= 4 is 0 Å². The van der Waals surface area contributed by atoms with Gasteiger partial charge in [-0.25, -0.2) is 0 Å². The van der Waals surface area contributed by atoms with Crippen molar-refractivity contribution in [3.05, 3.63) is 108 Å². The quantitative estimate of drug-likeness (QED) is 0.493. The largest absolute Gasteiger partial charge is 0.387 e. The standard InChI is InChI=1S/C27H30O6/c28-24-25(31-17-21-12-6-2-7-13-21)23(19-30-16-20-10-4-1-5-11-20)33-27(29)26(24)32-18-22-14-8-3-9-15-22/h1-15,23-29H,16-19H2/t23?,24?,25-,26?,27+/m1/s1. The van der Waals surface area contributed by atoms with Crippen molar-refractivity contribution in [2.24, 2.45) is 0 Å². The Kier molecular flexibility index (Phi) is 8.60. The monoisotopic (exact) mass is 450 g/mol. The van der Waals surface area contributed by atoms with Crippen LogP contribution in [0.25, 0.3) is 0 Å². The van der Waals surface area contributed by atoms with Crippen molar-refractivity contribution in [2.45, 2.75) is 50.5 Å². The molecule has 33 heavy (non-hydrogen) atoms. The van der Waals surface area contributed by atoms with Crippen molar-refractivity contribution in [1.29, 1.82) is 0 Å². The van der Waals surface area contributed by atoms with Gasteiger partial charge in [-0.3, -0.25) is 0 Å². The molecule has 0 spiro atoms. The second kappa shape index (κ2) is 12.0. The molecule has 3 aromatic carbocycles. The number of aliphatic hydroxyl groups excluding tert-OH is 2. The second-order valence-corrected chi connectivity index (χ2v) is 8.08. The number of ether oxygens (including phenoxy) is 4. The maximum absolute atomic E-state index is 11.1. The summed E-state index contributed by atoms with van der Waals surface area (Å²) in [6.45, 7) is 1.09. The van der Waals surface area contributed by atoms with E-state index in [2.05, 4.69) is 0 Å². The Morgan fingerprint density at radius 2 is 1.06 bits per heavy atom. The smallest absolute Gasteiger partial charge is 0.184 e. The zero-order valence-electron chi connectivity index (χ0n) is 18.4. The maximum Gasteiger partial charge on any atom is 0.184 e. The molecule has 3 unspecified atom stereocenters. The van der Waals surface area contributed by atoms with Crippen molar-refractivity contribution in [3.8, 4) is 0 Å². The van der Waals surface area contributed by atoms with Gasteiger partial charge in [0, 0.05) is 0 Å². The fourth-order valence-corrected chi connectivity index (χ4v) is 3.83. The Balaban J connectivity index is 1.41. The molecule has 1 aliphatic heterocycles. The summed E-state index contributed by atoms with van der Waals surface area (Å²) in [5.41, 5.74) is 2.94. The van der Waals surface area contributed by atoms with Crippen LogP contribution >= 0.6 is 0 Å². The second-order valence-electron chi connectivity index (χ2n) is 8.08. The van der Waals surface area contributed by atoms with Crippen LogP contribution in [0.4, 0.5) is 0 Å². The zero-order valence-corrected chi connectivity index (χ0v) is 18.4. The van der Waals surface area contributed by atoms with Crippen LogP contribution in [-0.2, 0) is 38.8 Å². The first-order valence-corrected chi connectivity index (χ1v) is 11.1. The summed E-state index contributed by atoms with van der Waals surface area (Å²) in [5.74, 6) is 0. The first-order valence-electron chi connectivity index (χ1n) is 11.1. The summed E-state index contributed by atoms with van der Waals surface area (Å²) in [6.07, 6.45) is -4.72. The van der Waals surface area contributed by atoms with E-state index in [9.17, 15) is 10.2 Å². The van der Waals surface area contributed by atoms with E-state index in [1.165, 1.54) is 0 Å². The highest BCUT2D eigenvalue weighted by Crippen LogP contribution is 2.27. The fraction of sp³-hybridized carbons (Fsp3) is 0.333. The molecule has 5 atom stereocenters. The van der Waals surface area contributed by atoms with Crippen LogP contribution in [0.3, 0.4) is 0 Å². The third-order valence-corrected chi connectivity index (χ3v) is 5.60.